The number of aromatic nitrogens is 5. The normalized spacial score (nSPS) is 17.2. The van der Waals surface area contributed by atoms with Crippen molar-refractivity contribution >= 4 is 87.1 Å². The second kappa shape index (κ2) is 15.7. The van der Waals surface area contributed by atoms with E-state index in [1.807, 2.05) is 6.07 Å². The number of thiophene rings is 1. The molecule has 342 valence electrons. The van der Waals surface area contributed by atoms with Gasteiger partial charge in [-0.1, -0.05) is 153 Å². The van der Waals surface area contributed by atoms with Gasteiger partial charge in [0.25, 0.3) is 0 Å². The van der Waals surface area contributed by atoms with Gasteiger partial charge in [0.2, 0.25) is 0 Å². The van der Waals surface area contributed by atoms with Crippen LogP contribution < -0.4 is 4.74 Å². The number of fused-ring (bicyclic) bond motifs is 12. The minimum absolute atomic E-state index is 0.223. The number of ether oxygens (including phenoxy) is 1. The van der Waals surface area contributed by atoms with E-state index in [1.54, 1.807) is 11.3 Å². The van der Waals surface area contributed by atoms with Crippen molar-refractivity contribution in [2.45, 2.75) is 38.2 Å². The van der Waals surface area contributed by atoms with Crippen molar-refractivity contribution in [2.75, 3.05) is 0 Å². The Balaban J connectivity index is 0.970. The van der Waals surface area contributed by atoms with Gasteiger partial charge in [-0.3, -0.25) is 0 Å². The standard InChI is InChI=1S/C65H45N5OS/c1-39-17-15-25-46-52-38-42(41-31-33-54-51(37-41)44-22-9-12-28-53(44)69(54)43-20-7-4-8-21-43)32-34-55(52)70(59(39)46)60-49(35-36-65(2)58(60)48-24-10-13-29-56(48)71-65)63-66-62(40-18-5-3-6-19-40)67-64(68-63)50-27-16-26-47-45-23-11-14-30-57(45)72-61(47)50/h3-16,18-35,37-39H,17,36H2,1-2H3. The fraction of sp³-hybridized carbons (Fsp3) is 0.0923. The van der Waals surface area contributed by atoms with Crippen LogP contribution in [0.15, 0.2) is 200 Å². The third kappa shape index (κ3) is 6.10. The second-order valence-electron chi connectivity index (χ2n) is 19.7. The number of hydrogen-bond acceptors (Lipinski definition) is 5. The zero-order chi connectivity index (χ0) is 47.7. The first kappa shape index (κ1) is 41.2. The largest absolute Gasteiger partial charge is 0.482 e. The van der Waals surface area contributed by atoms with E-state index in [1.165, 1.54) is 69.7 Å². The molecule has 15 rings (SSSR count). The minimum atomic E-state index is -0.630. The van der Waals surface area contributed by atoms with Crippen LogP contribution in [0, 0.1) is 0 Å². The molecule has 72 heavy (non-hydrogen) atoms. The van der Waals surface area contributed by atoms with Crippen LogP contribution in [0.2, 0.25) is 0 Å². The van der Waals surface area contributed by atoms with Gasteiger partial charge < -0.3 is 13.9 Å². The lowest BCUT2D eigenvalue weighted by Gasteiger charge is -2.34. The summed E-state index contributed by atoms with van der Waals surface area (Å²) < 4.78 is 14.4. The SMILES string of the molecule is CC1CC=Cc2c1n(C1=C3c4ccccc4OC3(C)CC=C1c1nc(-c3ccccc3)nc(-c3cccc4c3sc3ccccc34)n1)c1ccc(-c3ccc4c(c3)c3ccccc3n4-c3ccccc3)cc21. The number of benzene rings is 8. The van der Waals surface area contributed by atoms with E-state index in [2.05, 4.69) is 223 Å². The Morgan fingerprint density at radius 1 is 0.556 bits per heavy atom. The lowest BCUT2D eigenvalue weighted by molar-refractivity contribution is 0.170. The molecule has 0 radical (unpaired) electrons. The molecule has 0 saturated carbocycles. The van der Waals surface area contributed by atoms with E-state index in [4.69, 9.17) is 19.7 Å². The highest BCUT2D eigenvalue weighted by atomic mass is 32.1. The third-order valence-electron chi connectivity index (χ3n) is 15.3. The summed E-state index contributed by atoms with van der Waals surface area (Å²) in [6, 6.07) is 67.5. The predicted octanol–water partition coefficient (Wildman–Crippen LogP) is 16.8. The topological polar surface area (TPSA) is 57.8 Å². The summed E-state index contributed by atoms with van der Waals surface area (Å²) in [5.41, 5.74) is 15.1. The number of allylic oxidation sites excluding steroid dienone is 3. The summed E-state index contributed by atoms with van der Waals surface area (Å²) in [7, 11) is 0. The molecule has 6 nitrogen and oxygen atoms in total. The fourth-order valence-electron chi connectivity index (χ4n) is 12.0. The molecule has 12 aromatic rings. The van der Waals surface area contributed by atoms with Crippen molar-refractivity contribution in [3.8, 4) is 45.3 Å². The number of hydrogen-bond donors (Lipinski definition) is 0. The molecule has 7 heteroatoms. The molecule has 2 atom stereocenters. The van der Waals surface area contributed by atoms with Gasteiger partial charge in [0.15, 0.2) is 17.5 Å². The fourth-order valence-corrected chi connectivity index (χ4v) is 13.2. The Morgan fingerprint density at radius 2 is 1.21 bits per heavy atom. The van der Waals surface area contributed by atoms with Gasteiger partial charge in [0.05, 0.1) is 22.2 Å². The monoisotopic (exact) mass is 943 g/mol. The molecule has 1 aliphatic heterocycles. The molecule has 0 bridgehead atoms. The maximum absolute atomic E-state index is 7.05. The van der Waals surface area contributed by atoms with E-state index < -0.39 is 5.60 Å². The van der Waals surface area contributed by atoms with Crippen LogP contribution in [0.4, 0.5) is 0 Å². The van der Waals surface area contributed by atoms with Gasteiger partial charge in [-0.05, 0) is 85.1 Å². The molecule has 0 amide bonds. The van der Waals surface area contributed by atoms with Crippen molar-refractivity contribution < 1.29 is 4.74 Å². The molecule has 0 N–H and O–H groups in total. The Kier molecular flexibility index (Phi) is 8.96. The first-order chi connectivity index (χ1) is 35.5. The van der Waals surface area contributed by atoms with Crippen molar-refractivity contribution in [1.82, 2.24) is 24.1 Å². The number of nitrogens with zero attached hydrogens (tertiary/aromatic N) is 5. The smallest absolute Gasteiger partial charge is 0.165 e. The Hall–Kier alpha value is -8.65. The van der Waals surface area contributed by atoms with Gasteiger partial charge in [0, 0.05) is 93.5 Å². The van der Waals surface area contributed by atoms with Crippen molar-refractivity contribution in [2.24, 2.45) is 0 Å². The van der Waals surface area contributed by atoms with E-state index >= 15 is 0 Å². The van der Waals surface area contributed by atoms with E-state index in [9.17, 15) is 0 Å². The minimum Gasteiger partial charge on any atom is -0.482 e. The Labute approximate surface area is 420 Å². The first-order valence-corrected chi connectivity index (χ1v) is 25.7. The highest BCUT2D eigenvalue weighted by Crippen LogP contribution is 2.56. The molecule has 8 aromatic carbocycles. The van der Waals surface area contributed by atoms with Crippen LogP contribution in [0.3, 0.4) is 0 Å². The highest BCUT2D eigenvalue weighted by molar-refractivity contribution is 7.26. The summed E-state index contributed by atoms with van der Waals surface area (Å²) in [5.74, 6) is 3.05. The first-order valence-electron chi connectivity index (χ1n) is 24.9. The van der Waals surface area contributed by atoms with Crippen LogP contribution in [0.5, 0.6) is 5.75 Å². The van der Waals surface area contributed by atoms with Crippen molar-refractivity contribution in [3.05, 3.63) is 223 Å². The molecule has 3 aliphatic rings. The van der Waals surface area contributed by atoms with Crippen LogP contribution in [0.25, 0.3) is 115 Å². The van der Waals surface area contributed by atoms with Crippen LogP contribution in [-0.2, 0) is 0 Å². The molecule has 2 unspecified atom stereocenters. The summed E-state index contributed by atoms with van der Waals surface area (Å²) in [5, 5.41) is 6.13. The zero-order valence-corrected chi connectivity index (χ0v) is 40.5. The van der Waals surface area contributed by atoms with E-state index in [-0.39, 0.29) is 5.92 Å². The average molecular weight is 944 g/mol. The molecule has 0 spiro atoms. The molecular weight excluding hydrogens is 899 g/mol. The second-order valence-corrected chi connectivity index (χ2v) is 20.7. The highest BCUT2D eigenvalue weighted by Gasteiger charge is 2.46. The van der Waals surface area contributed by atoms with Crippen molar-refractivity contribution in [1.29, 1.82) is 0 Å². The number of para-hydroxylation sites is 3. The summed E-state index contributed by atoms with van der Waals surface area (Å²) in [4.78, 5) is 16.4. The molecular formula is C65H45N5OS. The molecule has 4 aromatic heterocycles. The van der Waals surface area contributed by atoms with Crippen molar-refractivity contribution in [3.63, 3.8) is 0 Å². The van der Waals surface area contributed by atoms with Crippen LogP contribution in [-0.4, -0.2) is 29.7 Å². The van der Waals surface area contributed by atoms with Crippen LogP contribution >= 0.6 is 11.3 Å². The van der Waals surface area contributed by atoms with E-state index in [0.717, 1.165) is 56.9 Å². The van der Waals surface area contributed by atoms with Gasteiger partial charge in [-0.2, -0.15) is 0 Å². The predicted molar refractivity (Wildman–Crippen MR) is 299 cm³/mol. The maximum atomic E-state index is 7.05. The van der Waals surface area contributed by atoms with Gasteiger partial charge in [-0.15, -0.1) is 11.3 Å². The van der Waals surface area contributed by atoms with Crippen LogP contribution in [0.1, 0.15) is 55.3 Å². The molecule has 0 fully saturated rings. The molecule has 5 heterocycles. The summed E-state index contributed by atoms with van der Waals surface area (Å²) >= 11 is 1.79. The van der Waals surface area contributed by atoms with Gasteiger partial charge in [0.1, 0.15) is 11.4 Å². The molecule has 0 saturated heterocycles. The maximum Gasteiger partial charge on any atom is 0.165 e. The Morgan fingerprint density at radius 3 is 2.06 bits per heavy atom. The Bertz CT molecular complexity index is 4340. The van der Waals surface area contributed by atoms with Gasteiger partial charge >= 0.3 is 0 Å². The van der Waals surface area contributed by atoms with E-state index in [0.29, 0.717) is 23.9 Å². The lowest BCUT2D eigenvalue weighted by Crippen LogP contribution is -2.32. The third-order valence-corrected chi connectivity index (χ3v) is 16.5. The zero-order valence-electron chi connectivity index (χ0n) is 39.7. The van der Waals surface area contributed by atoms with Gasteiger partial charge in [-0.25, -0.2) is 15.0 Å². The quantitative estimate of drug-likeness (QED) is 0.167. The average Bonchev–Trinajstić information content (AvgIpc) is 4.17. The summed E-state index contributed by atoms with van der Waals surface area (Å²) in [6.45, 7) is 4.61. The lowest BCUT2D eigenvalue weighted by atomic mass is 9.80. The summed E-state index contributed by atoms with van der Waals surface area (Å²) in [6.07, 6.45) is 8.60. The number of rotatable bonds is 6. The molecule has 2 aliphatic carbocycles.